The summed E-state index contributed by atoms with van der Waals surface area (Å²) < 4.78 is 5.66. The number of carbonyl (C=O) groups is 2. The summed E-state index contributed by atoms with van der Waals surface area (Å²) in [5.74, 6) is 0.246. The highest BCUT2D eigenvalue weighted by atomic mass is 16.5. The zero-order chi connectivity index (χ0) is 19.8. The maximum atomic E-state index is 12.9. The van der Waals surface area contributed by atoms with Crippen LogP contribution >= 0.6 is 0 Å². The predicted octanol–water partition coefficient (Wildman–Crippen LogP) is 3.24. The van der Waals surface area contributed by atoms with E-state index in [0.29, 0.717) is 18.8 Å². The van der Waals surface area contributed by atoms with Gasteiger partial charge in [-0.2, -0.15) is 0 Å². The molecular formula is C22H28N2O3. The number of benzene rings is 2. The van der Waals surface area contributed by atoms with Crippen molar-refractivity contribution in [2.45, 2.75) is 40.3 Å². The summed E-state index contributed by atoms with van der Waals surface area (Å²) >= 11 is 0. The summed E-state index contributed by atoms with van der Waals surface area (Å²) in [6, 6.07) is 14.9. The van der Waals surface area contributed by atoms with E-state index in [1.54, 1.807) is 11.8 Å². The van der Waals surface area contributed by atoms with Gasteiger partial charge in [-0.25, -0.2) is 0 Å². The monoisotopic (exact) mass is 368 g/mol. The Hall–Kier alpha value is -2.82. The van der Waals surface area contributed by atoms with Crippen molar-refractivity contribution in [3.63, 3.8) is 0 Å². The standard InChI is InChI=1S/C22H28N2O3/c1-5-23-22(26)18(4)24(14-19-10-6-8-16(2)12-19)21(25)15-27-20-11-7-9-17(3)13-20/h6-13,18H,5,14-15H2,1-4H3,(H,23,26)/t18-/m1/s1. The summed E-state index contributed by atoms with van der Waals surface area (Å²) in [5, 5.41) is 2.79. The molecule has 0 fully saturated rings. The first-order valence-corrected chi connectivity index (χ1v) is 9.23. The number of ether oxygens (including phenoxy) is 1. The third kappa shape index (κ3) is 6.13. The second-order valence-corrected chi connectivity index (χ2v) is 6.69. The minimum absolute atomic E-state index is 0.112. The molecule has 2 aromatic rings. The van der Waals surface area contributed by atoms with E-state index in [9.17, 15) is 9.59 Å². The molecule has 2 rings (SSSR count). The summed E-state index contributed by atoms with van der Waals surface area (Å²) in [5.41, 5.74) is 3.16. The molecule has 144 valence electrons. The third-order valence-electron chi connectivity index (χ3n) is 4.31. The molecule has 0 saturated heterocycles. The highest BCUT2D eigenvalue weighted by Crippen LogP contribution is 2.15. The van der Waals surface area contributed by atoms with Crippen molar-refractivity contribution in [1.82, 2.24) is 10.2 Å². The quantitative estimate of drug-likeness (QED) is 0.778. The van der Waals surface area contributed by atoms with Gasteiger partial charge in [-0.15, -0.1) is 0 Å². The van der Waals surface area contributed by atoms with E-state index in [4.69, 9.17) is 4.74 Å². The number of nitrogens with zero attached hydrogens (tertiary/aromatic N) is 1. The fourth-order valence-electron chi connectivity index (χ4n) is 2.84. The SMILES string of the molecule is CCNC(=O)[C@@H](C)N(Cc1cccc(C)c1)C(=O)COc1cccc(C)c1. The first-order valence-electron chi connectivity index (χ1n) is 9.23. The van der Waals surface area contributed by atoms with Gasteiger partial charge in [-0.1, -0.05) is 42.0 Å². The van der Waals surface area contributed by atoms with Crippen molar-refractivity contribution in [1.29, 1.82) is 0 Å². The Labute approximate surface area is 161 Å². The Bertz CT molecular complexity index is 789. The second-order valence-electron chi connectivity index (χ2n) is 6.69. The summed E-state index contributed by atoms with van der Waals surface area (Å²) in [4.78, 5) is 26.7. The molecule has 0 aliphatic carbocycles. The normalized spacial score (nSPS) is 11.6. The zero-order valence-corrected chi connectivity index (χ0v) is 16.5. The van der Waals surface area contributed by atoms with E-state index in [1.165, 1.54) is 0 Å². The van der Waals surface area contributed by atoms with Crippen LogP contribution < -0.4 is 10.1 Å². The lowest BCUT2D eigenvalue weighted by Crippen LogP contribution is -2.49. The van der Waals surface area contributed by atoms with Gasteiger partial charge in [0.1, 0.15) is 11.8 Å². The lowest BCUT2D eigenvalue weighted by molar-refractivity contribution is -0.142. The van der Waals surface area contributed by atoms with E-state index in [-0.39, 0.29) is 18.4 Å². The smallest absolute Gasteiger partial charge is 0.261 e. The molecule has 5 heteroatoms. The van der Waals surface area contributed by atoms with Crippen LogP contribution in [0.25, 0.3) is 0 Å². The Morgan fingerprint density at radius 3 is 2.37 bits per heavy atom. The van der Waals surface area contributed by atoms with Crippen LogP contribution in [0.5, 0.6) is 5.75 Å². The van der Waals surface area contributed by atoms with Gasteiger partial charge < -0.3 is 15.0 Å². The summed E-state index contributed by atoms with van der Waals surface area (Å²) in [6.45, 7) is 8.34. The molecule has 0 saturated carbocycles. The molecule has 2 aromatic carbocycles. The number of amides is 2. The molecule has 27 heavy (non-hydrogen) atoms. The molecule has 0 spiro atoms. The molecule has 5 nitrogen and oxygen atoms in total. The fourth-order valence-corrected chi connectivity index (χ4v) is 2.84. The van der Waals surface area contributed by atoms with Crippen LogP contribution in [0.1, 0.15) is 30.5 Å². The minimum Gasteiger partial charge on any atom is -0.484 e. The molecule has 0 aliphatic rings. The van der Waals surface area contributed by atoms with Crippen molar-refractivity contribution in [2.24, 2.45) is 0 Å². The zero-order valence-electron chi connectivity index (χ0n) is 16.5. The molecule has 2 amide bonds. The number of hydrogen-bond acceptors (Lipinski definition) is 3. The summed E-state index contributed by atoms with van der Waals surface area (Å²) in [6.07, 6.45) is 0. The van der Waals surface area contributed by atoms with E-state index >= 15 is 0 Å². The molecule has 0 radical (unpaired) electrons. The molecule has 0 bridgehead atoms. The van der Waals surface area contributed by atoms with E-state index in [1.807, 2.05) is 69.3 Å². The number of aryl methyl sites for hydroxylation is 2. The number of carbonyl (C=O) groups excluding carboxylic acids is 2. The van der Waals surface area contributed by atoms with Crippen LogP contribution in [-0.2, 0) is 16.1 Å². The van der Waals surface area contributed by atoms with Gasteiger partial charge in [0.05, 0.1) is 0 Å². The van der Waals surface area contributed by atoms with Gasteiger partial charge >= 0.3 is 0 Å². The molecule has 1 atom stereocenters. The average Bonchev–Trinajstić information content (AvgIpc) is 2.64. The first-order chi connectivity index (χ1) is 12.9. The van der Waals surface area contributed by atoms with Crippen LogP contribution in [0.3, 0.4) is 0 Å². The third-order valence-corrected chi connectivity index (χ3v) is 4.31. The van der Waals surface area contributed by atoms with Crippen molar-refractivity contribution < 1.29 is 14.3 Å². The van der Waals surface area contributed by atoms with Gasteiger partial charge in [0.25, 0.3) is 5.91 Å². The van der Waals surface area contributed by atoms with Crippen LogP contribution in [0.2, 0.25) is 0 Å². The molecule has 0 unspecified atom stereocenters. The lowest BCUT2D eigenvalue weighted by atomic mass is 10.1. The molecule has 0 aliphatic heterocycles. The maximum Gasteiger partial charge on any atom is 0.261 e. The predicted molar refractivity (Wildman–Crippen MR) is 107 cm³/mol. The van der Waals surface area contributed by atoms with Gasteiger partial charge in [0, 0.05) is 13.1 Å². The largest absolute Gasteiger partial charge is 0.484 e. The van der Waals surface area contributed by atoms with Crippen LogP contribution in [0.15, 0.2) is 48.5 Å². The highest BCUT2D eigenvalue weighted by molar-refractivity contribution is 5.87. The van der Waals surface area contributed by atoms with E-state index in [0.717, 1.165) is 16.7 Å². The highest BCUT2D eigenvalue weighted by Gasteiger charge is 2.26. The summed E-state index contributed by atoms with van der Waals surface area (Å²) in [7, 11) is 0. The van der Waals surface area contributed by atoms with Gasteiger partial charge in [0.2, 0.25) is 5.91 Å². The van der Waals surface area contributed by atoms with Gasteiger partial charge in [-0.05, 0) is 51.0 Å². The second kappa shape index (κ2) is 9.76. The molecule has 0 heterocycles. The minimum atomic E-state index is -0.584. The number of likely N-dealkylation sites (N-methyl/N-ethyl adjacent to an activating group) is 1. The number of hydrogen-bond donors (Lipinski definition) is 1. The Morgan fingerprint density at radius 2 is 1.74 bits per heavy atom. The van der Waals surface area contributed by atoms with E-state index in [2.05, 4.69) is 5.32 Å². The van der Waals surface area contributed by atoms with Crippen molar-refractivity contribution >= 4 is 11.8 Å². The van der Waals surface area contributed by atoms with Crippen molar-refractivity contribution in [3.05, 3.63) is 65.2 Å². The van der Waals surface area contributed by atoms with E-state index < -0.39 is 6.04 Å². The average molecular weight is 368 g/mol. The lowest BCUT2D eigenvalue weighted by Gasteiger charge is -2.28. The Kier molecular flexibility index (Phi) is 7.41. The van der Waals surface area contributed by atoms with Crippen LogP contribution in [0, 0.1) is 13.8 Å². The Balaban J connectivity index is 2.14. The van der Waals surface area contributed by atoms with Gasteiger partial charge in [-0.3, -0.25) is 9.59 Å². The van der Waals surface area contributed by atoms with Crippen LogP contribution in [-0.4, -0.2) is 35.9 Å². The van der Waals surface area contributed by atoms with Crippen LogP contribution in [0.4, 0.5) is 0 Å². The topological polar surface area (TPSA) is 58.6 Å². The van der Waals surface area contributed by atoms with Crippen molar-refractivity contribution in [2.75, 3.05) is 13.2 Å². The fraction of sp³-hybridized carbons (Fsp3) is 0.364. The number of nitrogens with one attached hydrogen (secondary N) is 1. The molecular weight excluding hydrogens is 340 g/mol. The number of rotatable bonds is 8. The molecule has 1 N–H and O–H groups in total. The first kappa shape index (κ1) is 20.5. The Morgan fingerprint density at radius 1 is 1.07 bits per heavy atom. The maximum absolute atomic E-state index is 12.9. The molecule has 0 aromatic heterocycles. The van der Waals surface area contributed by atoms with Crippen molar-refractivity contribution in [3.8, 4) is 5.75 Å². The van der Waals surface area contributed by atoms with Gasteiger partial charge in [0.15, 0.2) is 6.61 Å².